The van der Waals surface area contributed by atoms with E-state index in [4.69, 9.17) is 11.6 Å². The number of amides is 1. The van der Waals surface area contributed by atoms with E-state index in [2.05, 4.69) is 31.4 Å². The van der Waals surface area contributed by atoms with Gasteiger partial charge in [-0.25, -0.2) is 5.43 Å². The average molecular weight is 377 g/mol. The van der Waals surface area contributed by atoms with Gasteiger partial charge >= 0.3 is 0 Å². The molecule has 4 nitrogen and oxygen atoms in total. The zero-order chi connectivity index (χ0) is 15.5. The molecule has 1 amide bonds. The van der Waals surface area contributed by atoms with Crippen LogP contribution in [0.25, 0.3) is 10.9 Å². The first-order chi connectivity index (χ1) is 10.6. The van der Waals surface area contributed by atoms with Gasteiger partial charge in [-0.2, -0.15) is 5.10 Å². The third kappa shape index (κ3) is 3.21. The third-order valence-corrected chi connectivity index (χ3v) is 3.90. The Labute approximate surface area is 140 Å². The van der Waals surface area contributed by atoms with Crippen molar-refractivity contribution in [1.82, 2.24) is 10.4 Å². The van der Waals surface area contributed by atoms with Gasteiger partial charge in [0.25, 0.3) is 5.91 Å². The molecule has 3 rings (SSSR count). The van der Waals surface area contributed by atoms with Crippen molar-refractivity contribution in [3.8, 4) is 0 Å². The van der Waals surface area contributed by atoms with E-state index >= 15 is 0 Å². The van der Waals surface area contributed by atoms with Gasteiger partial charge in [0.1, 0.15) is 0 Å². The molecule has 0 unspecified atom stereocenters. The topological polar surface area (TPSA) is 57.2 Å². The van der Waals surface area contributed by atoms with Crippen LogP contribution < -0.4 is 5.43 Å². The molecular weight excluding hydrogens is 366 g/mol. The van der Waals surface area contributed by atoms with E-state index in [1.165, 1.54) is 0 Å². The monoisotopic (exact) mass is 375 g/mol. The highest BCUT2D eigenvalue weighted by molar-refractivity contribution is 9.10. The highest BCUT2D eigenvalue weighted by Gasteiger charge is 2.04. The molecule has 2 aromatic carbocycles. The standard InChI is InChI=1S/C16H11BrClN3O/c17-12-3-6-15-14(7-12)11(8-19-15)9-20-21-16(22)10-1-4-13(18)5-2-10/h1-9,19H,(H,21,22)/b20-9+. The largest absolute Gasteiger partial charge is 0.361 e. The molecule has 0 fully saturated rings. The van der Waals surface area contributed by atoms with Crippen LogP contribution in [-0.2, 0) is 0 Å². The number of aromatic amines is 1. The highest BCUT2D eigenvalue weighted by atomic mass is 79.9. The second kappa shape index (κ2) is 6.34. The Morgan fingerprint density at radius 2 is 2.00 bits per heavy atom. The molecule has 0 bridgehead atoms. The number of halogens is 2. The van der Waals surface area contributed by atoms with Gasteiger partial charge in [0, 0.05) is 37.7 Å². The first-order valence-electron chi connectivity index (χ1n) is 6.49. The number of carbonyl (C=O) groups is 1. The summed E-state index contributed by atoms with van der Waals surface area (Å²) in [5.74, 6) is -0.283. The molecule has 110 valence electrons. The van der Waals surface area contributed by atoms with Crippen LogP contribution in [0.5, 0.6) is 0 Å². The molecule has 3 aromatic rings. The Bertz CT molecular complexity index is 855. The van der Waals surface area contributed by atoms with E-state index in [1.807, 2.05) is 24.4 Å². The van der Waals surface area contributed by atoms with Crippen LogP contribution in [0.2, 0.25) is 5.02 Å². The van der Waals surface area contributed by atoms with Crippen molar-refractivity contribution in [1.29, 1.82) is 0 Å². The Morgan fingerprint density at radius 1 is 1.23 bits per heavy atom. The van der Waals surface area contributed by atoms with Crippen LogP contribution >= 0.6 is 27.5 Å². The lowest BCUT2D eigenvalue weighted by Crippen LogP contribution is -2.17. The maximum absolute atomic E-state index is 11.9. The number of benzene rings is 2. The zero-order valence-electron chi connectivity index (χ0n) is 11.3. The minimum atomic E-state index is -0.283. The highest BCUT2D eigenvalue weighted by Crippen LogP contribution is 2.21. The van der Waals surface area contributed by atoms with Gasteiger partial charge in [-0.05, 0) is 42.5 Å². The predicted octanol–water partition coefficient (Wildman–Crippen LogP) is 4.35. The van der Waals surface area contributed by atoms with Crippen molar-refractivity contribution in [2.24, 2.45) is 5.10 Å². The molecule has 2 N–H and O–H groups in total. The van der Waals surface area contributed by atoms with E-state index in [-0.39, 0.29) is 5.91 Å². The molecule has 0 saturated carbocycles. The second-order valence-electron chi connectivity index (χ2n) is 4.64. The van der Waals surface area contributed by atoms with Crippen molar-refractivity contribution in [2.45, 2.75) is 0 Å². The number of fused-ring (bicyclic) bond motifs is 1. The second-order valence-corrected chi connectivity index (χ2v) is 5.99. The number of hydrazone groups is 1. The van der Waals surface area contributed by atoms with Crippen molar-refractivity contribution in [2.75, 3.05) is 0 Å². The summed E-state index contributed by atoms with van der Waals surface area (Å²) in [6.45, 7) is 0. The predicted molar refractivity (Wildman–Crippen MR) is 92.5 cm³/mol. The molecule has 0 aliphatic heterocycles. The Kier molecular flexibility index (Phi) is 4.27. The number of nitrogens with one attached hydrogen (secondary N) is 2. The van der Waals surface area contributed by atoms with E-state index in [9.17, 15) is 4.79 Å². The van der Waals surface area contributed by atoms with E-state index in [0.29, 0.717) is 10.6 Å². The summed E-state index contributed by atoms with van der Waals surface area (Å²) in [7, 11) is 0. The maximum atomic E-state index is 11.9. The van der Waals surface area contributed by atoms with Gasteiger partial charge in [0.15, 0.2) is 0 Å². The molecule has 0 spiro atoms. The normalized spacial score (nSPS) is 11.2. The fraction of sp³-hybridized carbons (Fsp3) is 0. The van der Waals surface area contributed by atoms with Gasteiger partial charge in [-0.15, -0.1) is 0 Å². The zero-order valence-corrected chi connectivity index (χ0v) is 13.6. The summed E-state index contributed by atoms with van der Waals surface area (Å²) >= 11 is 9.23. The number of carbonyl (C=O) groups excluding carboxylic acids is 1. The number of hydrogen-bond acceptors (Lipinski definition) is 2. The lowest BCUT2D eigenvalue weighted by atomic mass is 10.2. The summed E-state index contributed by atoms with van der Waals surface area (Å²) in [4.78, 5) is 15.1. The first kappa shape index (κ1) is 14.8. The van der Waals surface area contributed by atoms with Crippen LogP contribution in [0.3, 0.4) is 0 Å². The number of H-pyrrole nitrogens is 1. The Morgan fingerprint density at radius 3 is 2.77 bits per heavy atom. The summed E-state index contributed by atoms with van der Waals surface area (Å²) in [6, 6.07) is 12.6. The molecule has 0 atom stereocenters. The lowest BCUT2D eigenvalue weighted by Gasteiger charge is -1.99. The summed E-state index contributed by atoms with van der Waals surface area (Å²) in [5.41, 5.74) is 4.90. The summed E-state index contributed by atoms with van der Waals surface area (Å²) < 4.78 is 0.986. The molecule has 22 heavy (non-hydrogen) atoms. The number of rotatable bonds is 3. The van der Waals surface area contributed by atoms with Gasteiger partial charge < -0.3 is 4.98 Å². The van der Waals surface area contributed by atoms with Gasteiger partial charge in [0.2, 0.25) is 0 Å². The Hall–Kier alpha value is -2.11. The number of hydrogen-bond donors (Lipinski definition) is 2. The van der Waals surface area contributed by atoms with E-state index < -0.39 is 0 Å². The molecule has 0 aliphatic rings. The molecule has 1 heterocycles. The van der Waals surface area contributed by atoms with Gasteiger partial charge in [0.05, 0.1) is 6.21 Å². The van der Waals surface area contributed by atoms with E-state index in [0.717, 1.165) is 20.9 Å². The van der Waals surface area contributed by atoms with Gasteiger partial charge in [-0.3, -0.25) is 4.79 Å². The molecule has 1 aromatic heterocycles. The Balaban J connectivity index is 1.74. The van der Waals surface area contributed by atoms with Crippen LogP contribution in [0.1, 0.15) is 15.9 Å². The lowest BCUT2D eigenvalue weighted by molar-refractivity contribution is 0.0955. The summed E-state index contributed by atoms with van der Waals surface area (Å²) in [6.07, 6.45) is 3.45. The van der Waals surface area contributed by atoms with Gasteiger partial charge in [-0.1, -0.05) is 27.5 Å². The number of nitrogens with zero attached hydrogens (tertiary/aromatic N) is 1. The minimum absolute atomic E-state index is 0.283. The van der Waals surface area contributed by atoms with Crippen molar-refractivity contribution < 1.29 is 4.79 Å². The SMILES string of the molecule is O=C(N/N=C/c1c[nH]c2ccc(Br)cc12)c1ccc(Cl)cc1. The molecule has 6 heteroatoms. The average Bonchev–Trinajstić information content (AvgIpc) is 2.90. The maximum Gasteiger partial charge on any atom is 0.271 e. The number of aromatic nitrogens is 1. The molecule has 0 saturated heterocycles. The van der Waals surface area contributed by atoms with Crippen molar-refractivity contribution >= 4 is 50.6 Å². The van der Waals surface area contributed by atoms with Crippen LogP contribution in [-0.4, -0.2) is 17.1 Å². The fourth-order valence-electron chi connectivity index (χ4n) is 2.05. The molecule has 0 aliphatic carbocycles. The molecular formula is C16H11BrClN3O. The fourth-order valence-corrected chi connectivity index (χ4v) is 2.53. The van der Waals surface area contributed by atoms with Crippen molar-refractivity contribution in [3.05, 3.63) is 69.3 Å². The van der Waals surface area contributed by atoms with Crippen LogP contribution in [0, 0.1) is 0 Å². The van der Waals surface area contributed by atoms with Crippen LogP contribution in [0.15, 0.2) is 58.2 Å². The minimum Gasteiger partial charge on any atom is -0.361 e. The third-order valence-electron chi connectivity index (χ3n) is 3.15. The van der Waals surface area contributed by atoms with Crippen LogP contribution in [0.4, 0.5) is 0 Å². The first-order valence-corrected chi connectivity index (χ1v) is 7.66. The quantitative estimate of drug-likeness (QED) is 0.518. The van der Waals surface area contributed by atoms with Crippen molar-refractivity contribution in [3.63, 3.8) is 0 Å². The smallest absolute Gasteiger partial charge is 0.271 e. The van der Waals surface area contributed by atoms with E-state index in [1.54, 1.807) is 30.5 Å². The molecule has 0 radical (unpaired) electrons. The summed E-state index contributed by atoms with van der Waals surface area (Å²) in [5, 5.41) is 5.61.